The molecule has 3 fully saturated rings. The molecule has 1 radical (unpaired) electrons. The maximum atomic E-state index is 13.9. The van der Waals surface area contributed by atoms with Gasteiger partial charge in [0.25, 0.3) is 0 Å². The number of Topliss-reactive ketones (excluding diaryl/α,β-unsaturated/α-hetero) is 1. The van der Waals surface area contributed by atoms with Gasteiger partial charge in [-0.05, 0) is 74.6 Å². The summed E-state index contributed by atoms with van der Waals surface area (Å²) in [6.07, 6.45) is 15.2. The summed E-state index contributed by atoms with van der Waals surface area (Å²) < 4.78 is 0. The van der Waals surface area contributed by atoms with Crippen molar-refractivity contribution in [3.05, 3.63) is 48.5 Å². The number of aromatic nitrogens is 1. The van der Waals surface area contributed by atoms with Gasteiger partial charge >= 0.3 is 0 Å². The SMILES string of the molecule is O=C(c1ccc2ncccc2c1)[C@@H]1[C@H](C2CCCCC2)CCN1C(=O)C1CC[CH]CC1. The van der Waals surface area contributed by atoms with Crippen LogP contribution in [0, 0.1) is 24.2 Å². The third-order valence-corrected chi connectivity index (χ3v) is 7.93. The average molecular weight is 418 g/mol. The highest BCUT2D eigenvalue weighted by Gasteiger charge is 2.46. The molecule has 0 spiro atoms. The van der Waals surface area contributed by atoms with Crippen molar-refractivity contribution in [2.24, 2.45) is 17.8 Å². The van der Waals surface area contributed by atoms with Crippen LogP contribution in [0.15, 0.2) is 36.5 Å². The second kappa shape index (κ2) is 9.10. The Bertz CT molecular complexity index is 943. The molecule has 2 saturated carbocycles. The van der Waals surface area contributed by atoms with Gasteiger partial charge in [0, 0.05) is 29.6 Å². The van der Waals surface area contributed by atoms with E-state index in [1.54, 1.807) is 6.20 Å². The fourth-order valence-corrected chi connectivity index (χ4v) is 6.26. The van der Waals surface area contributed by atoms with Crippen LogP contribution < -0.4 is 0 Å². The van der Waals surface area contributed by atoms with Crippen LogP contribution >= 0.6 is 0 Å². The molecule has 2 heterocycles. The lowest BCUT2D eigenvalue weighted by atomic mass is 9.75. The summed E-state index contributed by atoms with van der Waals surface area (Å²) >= 11 is 0. The molecule has 31 heavy (non-hydrogen) atoms. The lowest BCUT2D eigenvalue weighted by Crippen LogP contribution is -2.47. The summed E-state index contributed by atoms with van der Waals surface area (Å²) in [5.74, 6) is 1.33. The molecular weight excluding hydrogens is 384 g/mol. The first-order chi connectivity index (χ1) is 15.2. The van der Waals surface area contributed by atoms with E-state index in [4.69, 9.17) is 0 Å². The van der Waals surface area contributed by atoms with E-state index in [9.17, 15) is 9.59 Å². The third kappa shape index (κ3) is 4.14. The standard InChI is InChI=1S/C27H33N2O2/c30-26(22-13-14-24-21(18-22)12-7-16-28-24)25-23(19-8-3-1-4-9-19)15-17-29(25)27(31)20-10-5-2-6-11-20/h2,7,12-14,16,18-20,23,25H,1,3-6,8-11,15,17H2/t23-,25-/m0/s1. The molecule has 0 bridgehead atoms. The van der Waals surface area contributed by atoms with E-state index >= 15 is 0 Å². The Kier molecular flexibility index (Phi) is 6.06. The van der Waals surface area contributed by atoms with Gasteiger partial charge in [-0.25, -0.2) is 0 Å². The minimum atomic E-state index is -0.296. The molecule has 1 aliphatic heterocycles. The normalized spacial score (nSPS) is 25.7. The number of amides is 1. The van der Waals surface area contributed by atoms with Crippen LogP contribution in [0.25, 0.3) is 10.9 Å². The fraction of sp³-hybridized carbons (Fsp3) is 0.556. The van der Waals surface area contributed by atoms with E-state index in [2.05, 4.69) is 11.4 Å². The lowest BCUT2D eigenvalue weighted by molar-refractivity contribution is -0.136. The molecule has 3 aliphatic rings. The predicted molar refractivity (Wildman–Crippen MR) is 123 cm³/mol. The highest BCUT2D eigenvalue weighted by Crippen LogP contribution is 2.41. The first kappa shape index (κ1) is 20.7. The van der Waals surface area contributed by atoms with Crippen LogP contribution in [-0.2, 0) is 4.79 Å². The van der Waals surface area contributed by atoms with E-state index in [1.165, 1.54) is 32.1 Å². The van der Waals surface area contributed by atoms with Gasteiger partial charge in [0.1, 0.15) is 0 Å². The number of ketones is 1. The topological polar surface area (TPSA) is 50.3 Å². The number of likely N-dealkylation sites (tertiary alicyclic amines) is 1. The van der Waals surface area contributed by atoms with Crippen LogP contribution in [0.2, 0.25) is 0 Å². The molecule has 2 aliphatic carbocycles. The number of hydrogen-bond acceptors (Lipinski definition) is 3. The largest absolute Gasteiger partial charge is 0.332 e. The molecule has 4 nitrogen and oxygen atoms in total. The zero-order valence-electron chi connectivity index (χ0n) is 18.3. The zero-order chi connectivity index (χ0) is 21.2. The van der Waals surface area contributed by atoms with Crippen LogP contribution in [0.5, 0.6) is 0 Å². The van der Waals surface area contributed by atoms with E-state index < -0.39 is 0 Å². The molecule has 1 amide bonds. The summed E-state index contributed by atoms with van der Waals surface area (Å²) in [4.78, 5) is 33.8. The molecule has 2 atom stereocenters. The van der Waals surface area contributed by atoms with Crippen LogP contribution in [0.1, 0.15) is 74.6 Å². The molecule has 0 N–H and O–H groups in total. The molecule has 2 aromatic rings. The molecule has 163 valence electrons. The van der Waals surface area contributed by atoms with Crippen molar-refractivity contribution >= 4 is 22.6 Å². The number of nitrogens with zero attached hydrogens (tertiary/aromatic N) is 2. The Labute approximate surface area is 185 Å². The second-order valence-corrected chi connectivity index (χ2v) is 9.74. The number of benzene rings is 1. The smallest absolute Gasteiger partial charge is 0.226 e. The van der Waals surface area contributed by atoms with Gasteiger partial charge in [0.15, 0.2) is 5.78 Å². The van der Waals surface area contributed by atoms with Gasteiger partial charge in [-0.3, -0.25) is 14.6 Å². The first-order valence-corrected chi connectivity index (χ1v) is 12.2. The Morgan fingerprint density at radius 2 is 1.74 bits per heavy atom. The Hall–Kier alpha value is -2.23. The van der Waals surface area contributed by atoms with E-state index in [1.807, 2.05) is 35.2 Å². The van der Waals surface area contributed by atoms with Gasteiger partial charge in [0.2, 0.25) is 5.91 Å². The molecule has 0 unspecified atom stereocenters. The number of fused-ring (bicyclic) bond motifs is 1. The summed E-state index contributed by atoms with van der Waals surface area (Å²) in [6.45, 7) is 0.742. The van der Waals surface area contributed by atoms with Crippen molar-refractivity contribution in [1.82, 2.24) is 9.88 Å². The summed E-state index contributed by atoms with van der Waals surface area (Å²) in [5, 5.41) is 0.987. The minimum absolute atomic E-state index is 0.0891. The van der Waals surface area contributed by atoms with Crippen LogP contribution in [0.4, 0.5) is 0 Å². The minimum Gasteiger partial charge on any atom is -0.332 e. The highest BCUT2D eigenvalue weighted by molar-refractivity contribution is 6.04. The summed E-state index contributed by atoms with van der Waals surface area (Å²) in [7, 11) is 0. The number of pyridine rings is 1. The Morgan fingerprint density at radius 1 is 0.935 bits per heavy atom. The Balaban J connectivity index is 1.46. The summed E-state index contributed by atoms with van der Waals surface area (Å²) in [6, 6.07) is 9.44. The van der Waals surface area contributed by atoms with Gasteiger partial charge in [-0.15, -0.1) is 0 Å². The summed E-state index contributed by atoms with van der Waals surface area (Å²) in [5.41, 5.74) is 1.63. The van der Waals surface area contributed by atoms with Crippen molar-refractivity contribution in [2.75, 3.05) is 6.54 Å². The monoisotopic (exact) mass is 417 g/mol. The highest BCUT2D eigenvalue weighted by atomic mass is 16.2. The number of rotatable bonds is 4. The quantitative estimate of drug-likeness (QED) is 0.608. The van der Waals surface area contributed by atoms with Gasteiger partial charge in [0.05, 0.1) is 11.6 Å². The molecule has 4 heteroatoms. The molecule has 1 saturated heterocycles. The van der Waals surface area contributed by atoms with Crippen LogP contribution in [-0.4, -0.2) is 34.2 Å². The number of carbonyl (C=O) groups excluding carboxylic acids is 2. The molecule has 1 aromatic heterocycles. The van der Waals surface area contributed by atoms with Crippen LogP contribution in [0.3, 0.4) is 0 Å². The maximum absolute atomic E-state index is 13.9. The molecule has 1 aromatic carbocycles. The van der Waals surface area contributed by atoms with E-state index in [-0.39, 0.29) is 23.7 Å². The molecular formula is C27H33N2O2. The van der Waals surface area contributed by atoms with Crippen molar-refractivity contribution in [1.29, 1.82) is 0 Å². The van der Waals surface area contributed by atoms with E-state index in [0.717, 1.165) is 55.1 Å². The lowest BCUT2D eigenvalue weighted by Gasteiger charge is -2.35. The van der Waals surface area contributed by atoms with Crippen molar-refractivity contribution in [2.45, 2.75) is 70.3 Å². The van der Waals surface area contributed by atoms with Crippen molar-refractivity contribution in [3.63, 3.8) is 0 Å². The Morgan fingerprint density at radius 3 is 2.55 bits per heavy atom. The van der Waals surface area contributed by atoms with Gasteiger partial charge < -0.3 is 4.90 Å². The first-order valence-electron chi connectivity index (χ1n) is 12.2. The number of hydrogen-bond donors (Lipinski definition) is 0. The second-order valence-electron chi connectivity index (χ2n) is 9.74. The van der Waals surface area contributed by atoms with Gasteiger partial charge in [-0.2, -0.15) is 0 Å². The third-order valence-electron chi connectivity index (χ3n) is 7.93. The number of carbonyl (C=O) groups is 2. The van der Waals surface area contributed by atoms with Crippen molar-refractivity contribution < 1.29 is 9.59 Å². The fourth-order valence-electron chi connectivity index (χ4n) is 6.26. The molecule has 5 rings (SSSR count). The van der Waals surface area contributed by atoms with Crippen molar-refractivity contribution in [3.8, 4) is 0 Å². The predicted octanol–water partition coefficient (Wildman–Crippen LogP) is 5.61. The van der Waals surface area contributed by atoms with Gasteiger partial charge in [-0.1, -0.05) is 38.2 Å². The average Bonchev–Trinajstić information content (AvgIpc) is 3.29. The van der Waals surface area contributed by atoms with E-state index in [0.29, 0.717) is 11.8 Å². The maximum Gasteiger partial charge on any atom is 0.226 e. The zero-order valence-corrected chi connectivity index (χ0v) is 18.3.